The first-order chi connectivity index (χ1) is 11.9. The number of hydrogen-bond acceptors (Lipinski definition) is 5. The van der Waals surface area contributed by atoms with E-state index < -0.39 is 21.5 Å². The Bertz CT molecular complexity index is 788. The molecule has 3 rings (SSSR count). The van der Waals surface area contributed by atoms with Gasteiger partial charge < -0.3 is 5.32 Å². The molecular formula is C17H23N3O3S2. The van der Waals surface area contributed by atoms with Crippen molar-refractivity contribution in [3.63, 3.8) is 0 Å². The molecule has 1 saturated heterocycles. The Morgan fingerprint density at radius 1 is 1.36 bits per heavy atom. The number of aryl methyl sites for hydroxylation is 1. The van der Waals surface area contributed by atoms with Gasteiger partial charge in [0.2, 0.25) is 5.91 Å². The van der Waals surface area contributed by atoms with Crippen molar-refractivity contribution in [1.82, 2.24) is 9.62 Å². The summed E-state index contributed by atoms with van der Waals surface area (Å²) < 4.78 is 27.3. The van der Waals surface area contributed by atoms with E-state index in [9.17, 15) is 18.5 Å². The second-order valence-electron chi connectivity index (χ2n) is 6.96. The summed E-state index contributed by atoms with van der Waals surface area (Å²) in [5.74, 6) is -0.582. The summed E-state index contributed by atoms with van der Waals surface area (Å²) in [6.07, 6.45) is 4.55. The average molecular weight is 382 g/mol. The fourth-order valence-electron chi connectivity index (χ4n) is 3.63. The molecule has 8 heteroatoms. The second-order valence-corrected chi connectivity index (χ2v) is 10.4. The molecule has 0 bridgehead atoms. The van der Waals surface area contributed by atoms with Crippen molar-refractivity contribution in [2.45, 2.75) is 55.2 Å². The van der Waals surface area contributed by atoms with E-state index in [2.05, 4.69) is 11.4 Å². The smallest absolute Gasteiger partial charge is 0.252 e. The standard InChI is InChI=1S/C17H23N3O3S2/c1-13-6-7-15(24-13)25(22,23)20-10-4-5-14(11-20)16(21)19-17(12-18)8-2-3-9-17/h6-7,14H,2-5,8-11H2,1H3,(H,19,21). The average Bonchev–Trinajstić information content (AvgIpc) is 3.25. The van der Waals surface area contributed by atoms with Crippen LogP contribution >= 0.6 is 11.3 Å². The number of piperidine rings is 1. The van der Waals surface area contributed by atoms with Crippen molar-refractivity contribution < 1.29 is 13.2 Å². The zero-order chi connectivity index (χ0) is 18.1. The van der Waals surface area contributed by atoms with Gasteiger partial charge in [-0.05, 0) is 57.6 Å². The zero-order valence-electron chi connectivity index (χ0n) is 14.3. The van der Waals surface area contributed by atoms with Crippen LogP contribution in [0.25, 0.3) is 0 Å². The van der Waals surface area contributed by atoms with E-state index in [0.29, 0.717) is 36.4 Å². The number of hydrogen-bond donors (Lipinski definition) is 1. The van der Waals surface area contributed by atoms with E-state index in [1.54, 1.807) is 12.1 Å². The minimum atomic E-state index is -3.55. The maximum atomic E-state index is 12.8. The van der Waals surface area contributed by atoms with E-state index >= 15 is 0 Å². The normalized spacial score (nSPS) is 23.9. The summed E-state index contributed by atoms with van der Waals surface area (Å²) in [5.41, 5.74) is -0.761. The SMILES string of the molecule is Cc1ccc(S(=O)(=O)N2CCCC(C(=O)NC3(C#N)CCCC3)C2)s1. The molecule has 1 amide bonds. The summed E-state index contributed by atoms with van der Waals surface area (Å²) in [6, 6.07) is 5.68. The third-order valence-corrected chi connectivity index (χ3v) is 8.43. The first-order valence-electron chi connectivity index (χ1n) is 8.66. The first kappa shape index (κ1) is 18.4. The van der Waals surface area contributed by atoms with Crippen molar-refractivity contribution >= 4 is 27.3 Å². The predicted octanol–water partition coefficient (Wildman–Crippen LogP) is 2.41. The lowest BCUT2D eigenvalue weighted by Crippen LogP contribution is -2.51. The number of thiophene rings is 1. The Balaban J connectivity index is 1.71. The highest BCUT2D eigenvalue weighted by Gasteiger charge is 2.39. The fraction of sp³-hybridized carbons (Fsp3) is 0.647. The number of carbonyl (C=O) groups is 1. The van der Waals surface area contributed by atoms with Gasteiger partial charge >= 0.3 is 0 Å². The number of amides is 1. The van der Waals surface area contributed by atoms with Gasteiger partial charge in [-0.15, -0.1) is 11.3 Å². The van der Waals surface area contributed by atoms with Crippen LogP contribution in [0.3, 0.4) is 0 Å². The number of nitriles is 1. The topological polar surface area (TPSA) is 90.3 Å². The molecule has 1 aliphatic carbocycles. The molecule has 1 saturated carbocycles. The van der Waals surface area contributed by atoms with Crippen molar-refractivity contribution in [3.05, 3.63) is 17.0 Å². The quantitative estimate of drug-likeness (QED) is 0.867. The number of carbonyl (C=O) groups excluding carboxylic acids is 1. The lowest BCUT2D eigenvalue weighted by Gasteiger charge is -2.32. The highest BCUT2D eigenvalue weighted by molar-refractivity contribution is 7.91. The van der Waals surface area contributed by atoms with Crippen LogP contribution in [-0.4, -0.2) is 37.3 Å². The maximum absolute atomic E-state index is 12.8. The molecule has 1 N–H and O–H groups in total. The Kier molecular flexibility index (Phi) is 5.19. The van der Waals surface area contributed by atoms with Crippen LogP contribution in [0, 0.1) is 24.2 Å². The van der Waals surface area contributed by atoms with E-state index in [1.165, 1.54) is 15.6 Å². The molecule has 0 aromatic carbocycles. The summed E-state index contributed by atoms with van der Waals surface area (Å²) in [7, 11) is -3.55. The van der Waals surface area contributed by atoms with E-state index in [-0.39, 0.29) is 12.5 Å². The van der Waals surface area contributed by atoms with Crippen LogP contribution < -0.4 is 5.32 Å². The largest absolute Gasteiger partial charge is 0.338 e. The summed E-state index contributed by atoms with van der Waals surface area (Å²) in [5, 5.41) is 12.3. The van der Waals surface area contributed by atoms with Crippen LogP contribution in [0.4, 0.5) is 0 Å². The van der Waals surface area contributed by atoms with Crippen molar-refractivity contribution in [2.24, 2.45) is 5.92 Å². The van der Waals surface area contributed by atoms with Gasteiger partial charge in [-0.25, -0.2) is 8.42 Å². The predicted molar refractivity (Wildman–Crippen MR) is 95.5 cm³/mol. The number of sulfonamides is 1. The van der Waals surface area contributed by atoms with Crippen molar-refractivity contribution in [3.8, 4) is 6.07 Å². The number of rotatable bonds is 4. The molecular weight excluding hydrogens is 358 g/mol. The van der Waals surface area contributed by atoms with Gasteiger partial charge in [0.25, 0.3) is 10.0 Å². The van der Waals surface area contributed by atoms with Crippen LogP contribution in [-0.2, 0) is 14.8 Å². The van der Waals surface area contributed by atoms with Gasteiger partial charge in [-0.2, -0.15) is 9.57 Å². The molecule has 1 unspecified atom stereocenters. The van der Waals surface area contributed by atoms with Crippen molar-refractivity contribution in [2.75, 3.05) is 13.1 Å². The molecule has 136 valence electrons. The molecule has 6 nitrogen and oxygen atoms in total. The van der Waals surface area contributed by atoms with Crippen LogP contribution in [0.15, 0.2) is 16.3 Å². The van der Waals surface area contributed by atoms with Crippen molar-refractivity contribution in [1.29, 1.82) is 5.26 Å². The zero-order valence-corrected chi connectivity index (χ0v) is 16.0. The fourth-order valence-corrected chi connectivity index (χ4v) is 6.60. The molecule has 25 heavy (non-hydrogen) atoms. The molecule has 2 heterocycles. The van der Waals surface area contributed by atoms with Crippen LogP contribution in [0.5, 0.6) is 0 Å². The Morgan fingerprint density at radius 2 is 2.08 bits per heavy atom. The Morgan fingerprint density at radius 3 is 2.68 bits per heavy atom. The summed E-state index contributed by atoms with van der Waals surface area (Å²) >= 11 is 1.25. The number of nitrogens with one attached hydrogen (secondary N) is 1. The Labute approximate surface area is 152 Å². The molecule has 1 atom stereocenters. The van der Waals surface area contributed by atoms with Crippen LogP contribution in [0.2, 0.25) is 0 Å². The van der Waals surface area contributed by atoms with Gasteiger partial charge in [0.1, 0.15) is 9.75 Å². The highest BCUT2D eigenvalue weighted by atomic mass is 32.2. The van der Waals surface area contributed by atoms with E-state index in [0.717, 1.165) is 17.7 Å². The molecule has 2 fully saturated rings. The number of nitrogens with zero attached hydrogens (tertiary/aromatic N) is 2. The third-order valence-electron chi connectivity index (χ3n) is 5.10. The first-order valence-corrected chi connectivity index (χ1v) is 10.9. The van der Waals surface area contributed by atoms with Gasteiger partial charge in [-0.1, -0.05) is 0 Å². The second kappa shape index (κ2) is 7.06. The highest BCUT2D eigenvalue weighted by Crippen LogP contribution is 2.31. The minimum absolute atomic E-state index is 0.187. The molecule has 1 aromatic heterocycles. The monoisotopic (exact) mass is 381 g/mol. The molecule has 1 aromatic rings. The van der Waals surface area contributed by atoms with Crippen LogP contribution in [0.1, 0.15) is 43.4 Å². The third kappa shape index (κ3) is 3.73. The van der Waals surface area contributed by atoms with E-state index in [4.69, 9.17) is 0 Å². The lowest BCUT2D eigenvalue weighted by molar-refractivity contribution is -0.127. The van der Waals surface area contributed by atoms with Gasteiger partial charge in [0, 0.05) is 18.0 Å². The van der Waals surface area contributed by atoms with Gasteiger partial charge in [-0.3, -0.25) is 4.79 Å². The molecule has 1 aliphatic heterocycles. The molecule has 0 radical (unpaired) electrons. The molecule has 2 aliphatic rings. The minimum Gasteiger partial charge on any atom is -0.338 e. The molecule has 0 spiro atoms. The lowest BCUT2D eigenvalue weighted by atomic mass is 9.94. The van der Waals surface area contributed by atoms with Gasteiger partial charge in [0.15, 0.2) is 0 Å². The van der Waals surface area contributed by atoms with E-state index in [1.807, 2.05) is 6.92 Å². The Hall–Kier alpha value is -1.43. The summed E-state index contributed by atoms with van der Waals surface area (Å²) in [6.45, 7) is 2.50. The van der Waals surface area contributed by atoms with Gasteiger partial charge in [0.05, 0.1) is 12.0 Å². The summed E-state index contributed by atoms with van der Waals surface area (Å²) in [4.78, 5) is 13.6. The maximum Gasteiger partial charge on any atom is 0.252 e.